The zero-order chi connectivity index (χ0) is 23.9. The zero-order valence-corrected chi connectivity index (χ0v) is 19.2. The van der Waals surface area contributed by atoms with Crippen LogP contribution in [0.15, 0.2) is 72.8 Å². The number of anilines is 1. The monoisotopic (exact) mass is 485 g/mol. The molecule has 2 spiro atoms. The summed E-state index contributed by atoms with van der Waals surface area (Å²) in [6.45, 7) is 0. The molecule has 0 aromatic heterocycles. The lowest BCUT2D eigenvalue weighted by Gasteiger charge is -2.42. The van der Waals surface area contributed by atoms with Gasteiger partial charge in [0, 0.05) is 52.5 Å². The SMILES string of the molecule is O=C1Oc2ccccc2[C@@]12[C@H](c1ccccc1)[C@H]1CSCN1[C@]21C(=O)Nc2ccc([N+](=O)[O-])cc21. The van der Waals surface area contributed by atoms with Crippen molar-refractivity contribution in [1.29, 1.82) is 0 Å². The molecule has 4 aliphatic rings. The molecule has 4 aliphatic heterocycles. The fourth-order valence-corrected chi connectivity index (χ4v) is 8.13. The van der Waals surface area contributed by atoms with E-state index in [4.69, 9.17) is 4.74 Å². The van der Waals surface area contributed by atoms with Crippen LogP contribution in [0.2, 0.25) is 0 Å². The number of hydrogen-bond acceptors (Lipinski definition) is 7. The number of nitro groups is 1. The quantitative estimate of drug-likeness (QED) is 0.255. The highest BCUT2D eigenvalue weighted by molar-refractivity contribution is 7.99. The molecule has 4 atom stereocenters. The van der Waals surface area contributed by atoms with Gasteiger partial charge in [-0.05, 0) is 17.7 Å². The Morgan fingerprint density at radius 3 is 2.60 bits per heavy atom. The molecule has 0 radical (unpaired) electrons. The van der Waals surface area contributed by atoms with Gasteiger partial charge in [-0.25, -0.2) is 0 Å². The van der Waals surface area contributed by atoms with Gasteiger partial charge in [-0.1, -0.05) is 48.5 Å². The standard InChI is InChI=1S/C26H19N3O5S/c30-23-26(18-12-16(29(32)33)10-11-19(18)27-23)25(17-8-4-5-9-21(17)34-24(25)31)22(15-6-2-1-3-7-15)20-13-35-14-28(20)26/h1-12,20,22H,13-14H2,(H,27,30)/t20-,22-,25-,26-/m1/s1. The lowest BCUT2D eigenvalue weighted by molar-refractivity contribution is -0.385. The maximum Gasteiger partial charge on any atom is 0.325 e. The van der Waals surface area contributed by atoms with Gasteiger partial charge in [0.2, 0.25) is 0 Å². The largest absolute Gasteiger partial charge is 0.425 e. The van der Waals surface area contributed by atoms with Gasteiger partial charge in [-0.15, -0.1) is 11.8 Å². The number of carbonyl (C=O) groups is 2. The van der Waals surface area contributed by atoms with Crippen LogP contribution in [0.5, 0.6) is 5.75 Å². The molecule has 7 rings (SSSR count). The molecule has 0 bridgehead atoms. The van der Waals surface area contributed by atoms with E-state index in [9.17, 15) is 19.7 Å². The van der Waals surface area contributed by atoms with Gasteiger partial charge in [0.05, 0.1) is 4.92 Å². The van der Waals surface area contributed by atoms with E-state index in [1.807, 2.05) is 42.5 Å². The molecule has 0 aliphatic carbocycles. The lowest BCUT2D eigenvalue weighted by Crippen LogP contribution is -2.61. The molecule has 1 N–H and O–H groups in total. The summed E-state index contributed by atoms with van der Waals surface area (Å²) in [6, 6.07) is 21.3. The highest BCUT2D eigenvalue weighted by Gasteiger charge is 2.81. The van der Waals surface area contributed by atoms with E-state index in [0.29, 0.717) is 28.4 Å². The van der Waals surface area contributed by atoms with Crippen LogP contribution in [0.1, 0.15) is 22.6 Å². The Morgan fingerprint density at radius 1 is 1.03 bits per heavy atom. The molecule has 1 amide bonds. The molecule has 9 heteroatoms. The van der Waals surface area contributed by atoms with Gasteiger partial charge in [0.1, 0.15) is 11.2 Å². The van der Waals surface area contributed by atoms with Gasteiger partial charge in [-0.3, -0.25) is 24.6 Å². The third-order valence-electron chi connectivity index (χ3n) is 7.95. The Labute approximate surface area is 204 Å². The van der Waals surface area contributed by atoms with E-state index in [-0.39, 0.29) is 17.6 Å². The number of amides is 1. The number of thioether (sulfide) groups is 1. The normalized spacial score (nSPS) is 30.3. The Balaban J connectivity index is 1.64. The molecule has 35 heavy (non-hydrogen) atoms. The van der Waals surface area contributed by atoms with Gasteiger partial charge in [-0.2, -0.15) is 0 Å². The molecule has 3 aromatic rings. The van der Waals surface area contributed by atoms with Gasteiger partial charge in [0.15, 0.2) is 5.54 Å². The summed E-state index contributed by atoms with van der Waals surface area (Å²) in [6.07, 6.45) is 0. The molecule has 4 heterocycles. The van der Waals surface area contributed by atoms with Crippen molar-refractivity contribution < 1.29 is 19.2 Å². The fraction of sp³-hybridized carbons (Fsp3) is 0.231. The van der Waals surface area contributed by atoms with Crippen LogP contribution in [0, 0.1) is 10.1 Å². The minimum absolute atomic E-state index is 0.124. The van der Waals surface area contributed by atoms with E-state index in [1.165, 1.54) is 12.1 Å². The zero-order valence-electron chi connectivity index (χ0n) is 18.3. The average Bonchev–Trinajstić information content (AvgIpc) is 3.58. The highest BCUT2D eigenvalue weighted by Crippen LogP contribution is 2.70. The third-order valence-corrected chi connectivity index (χ3v) is 8.99. The first kappa shape index (κ1) is 20.7. The Kier molecular flexibility index (Phi) is 4.09. The number of hydrogen-bond donors (Lipinski definition) is 1. The number of non-ortho nitro benzene ring substituents is 1. The summed E-state index contributed by atoms with van der Waals surface area (Å²) >= 11 is 1.70. The summed E-state index contributed by atoms with van der Waals surface area (Å²) in [5.74, 6) is 0.412. The maximum absolute atomic E-state index is 14.2. The number of nitrogens with one attached hydrogen (secondary N) is 1. The van der Waals surface area contributed by atoms with Crippen molar-refractivity contribution in [3.8, 4) is 5.75 Å². The topological polar surface area (TPSA) is 102 Å². The van der Waals surface area contributed by atoms with E-state index in [1.54, 1.807) is 30.0 Å². The van der Waals surface area contributed by atoms with Crippen molar-refractivity contribution in [3.05, 3.63) is 99.6 Å². The summed E-state index contributed by atoms with van der Waals surface area (Å²) < 4.78 is 5.90. The van der Waals surface area contributed by atoms with Crippen molar-refractivity contribution in [2.75, 3.05) is 16.9 Å². The lowest BCUT2D eigenvalue weighted by atomic mass is 9.57. The van der Waals surface area contributed by atoms with Crippen molar-refractivity contribution in [2.45, 2.75) is 22.9 Å². The van der Waals surface area contributed by atoms with E-state index < -0.39 is 27.8 Å². The summed E-state index contributed by atoms with van der Waals surface area (Å²) in [5, 5.41) is 14.7. The summed E-state index contributed by atoms with van der Waals surface area (Å²) in [5.41, 5.74) is -0.512. The smallest absolute Gasteiger partial charge is 0.325 e. The Morgan fingerprint density at radius 2 is 1.80 bits per heavy atom. The summed E-state index contributed by atoms with van der Waals surface area (Å²) in [7, 11) is 0. The number of para-hydroxylation sites is 1. The molecule has 0 saturated carbocycles. The molecular weight excluding hydrogens is 466 g/mol. The number of nitrogens with zero attached hydrogens (tertiary/aromatic N) is 2. The van der Waals surface area contributed by atoms with Crippen LogP contribution in [0.25, 0.3) is 0 Å². The Hall–Kier alpha value is -3.69. The number of rotatable bonds is 2. The number of ether oxygens (including phenoxy) is 1. The molecule has 2 fully saturated rings. The average molecular weight is 486 g/mol. The van der Waals surface area contributed by atoms with Crippen molar-refractivity contribution in [1.82, 2.24) is 4.90 Å². The predicted molar refractivity (Wildman–Crippen MR) is 129 cm³/mol. The van der Waals surface area contributed by atoms with Crippen LogP contribution >= 0.6 is 11.8 Å². The van der Waals surface area contributed by atoms with Crippen LogP contribution in [-0.4, -0.2) is 39.4 Å². The van der Waals surface area contributed by atoms with Crippen molar-refractivity contribution >= 4 is 35.0 Å². The molecule has 0 unspecified atom stereocenters. The molecule has 8 nitrogen and oxygen atoms in total. The fourth-order valence-electron chi connectivity index (χ4n) is 6.83. The first-order valence-electron chi connectivity index (χ1n) is 11.3. The second-order valence-electron chi connectivity index (χ2n) is 9.27. The van der Waals surface area contributed by atoms with Crippen LogP contribution in [0.4, 0.5) is 11.4 Å². The number of carbonyl (C=O) groups excluding carboxylic acids is 2. The van der Waals surface area contributed by atoms with Gasteiger partial charge >= 0.3 is 5.97 Å². The van der Waals surface area contributed by atoms with E-state index in [0.717, 1.165) is 11.3 Å². The maximum atomic E-state index is 14.2. The number of benzene rings is 3. The minimum atomic E-state index is -1.49. The molecule has 3 aromatic carbocycles. The van der Waals surface area contributed by atoms with Gasteiger partial charge < -0.3 is 10.1 Å². The van der Waals surface area contributed by atoms with Gasteiger partial charge in [0.25, 0.3) is 11.6 Å². The highest BCUT2D eigenvalue weighted by atomic mass is 32.2. The first-order valence-corrected chi connectivity index (χ1v) is 12.5. The predicted octanol–water partition coefficient (Wildman–Crippen LogP) is 3.77. The minimum Gasteiger partial charge on any atom is -0.425 e. The van der Waals surface area contributed by atoms with E-state index >= 15 is 0 Å². The third kappa shape index (κ3) is 2.28. The van der Waals surface area contributed by atoms with Crippen molar-refractivity contribution in [2.24, 2.45) is 0 Å². The second kappa shape index (κ2) is 6.93. The Bertz CT molecular complexity index is 1450. The molecular formula is C26H19N3O5S. The second-order valence-corrected chi connectivity index (χ2v) is 10.3. The van der Waals surface area contributed by atoms with Crippen LogP contribution in [0.3, 0.4) is 0 Å². The van der Waals surface area contributed by atoms with Crippen molar-refractivity contribution in [3.63, 3.8) is 0 Å². The summed E-state index contributed by atoms with van der Waals surface area (Å²) in [4.78, 5) is 41.9. The molecule has 2 saturated heterocycles. The molecule has 174 valence electrons. The van der Waals surface area contributed by atoms with E-state index in [2.05, 4.69) is 10.2 Å². The van der Waals surface area contributed by atoms with Crippen LogP contribution in [-0.2, 0) is 20.5 Å². The number of esters is 1. The number of fused-ring (bicyclic) bond motifs is 7. The van der Waals surface area contributed by atoms with Crippen LogP contribution < -0.4 is 10.1 Å². The number of nitro benzene ring substituents is 1. The first-order chi connectivity index (χ1) is 17.0.